The Hall–Kier alpha value is -3.48. The van der Waals surface area contributed by atoms with Crippen molar-refractivity contribution in [2.24, 2.45) is 29.6 Å². The number of aryl methyl sites for hydroxylation is 1. The van der Waals surface area contributed by atoms with Crippen LogP contribution in [0.2, 0.25) is 0 Å². The molecule has 0 N–H and O–H groups in total. The highest BCUT2D eigenvalue weighted by Crippen LogP contribution is 2.56. The molecular formula is C27H26N2O5. The van der Waals surface area contributed by atoms with E-state index < -0.39 is 11.9 Å². The minimum absolute atomic E-state index is 0.0829. The van der Waals surface area contributed by atoms with Gasteiger partial charge in [-0.25, -0.2) is 4.90 Å². The van der Waals surface area contributed by atoms with Gasteiger partial charge in [0.1, 0.15) is 5.75 Å². The lowest BCUT2D eigenvalue weighted by atomic mass is 9.81. The lowest BCUT2D eigenvalue weighted by Gasteiger charge is -2.20. The van der Waals surface area contributed by atoms with E-state index in [-0.39, 0.29) is 42.5 Å². The zero-order valence-corrected chi connectivity index (χ0v) is 19.0. The van der Waals surface area contributed by atoms with Gasteiger partial charge in [0.15, 0.2) is 0 Å². The normalized spacial score (nSPS) is 29.8. The van der Waals surface area contributed by atoms with E-state index in [2.05, 4.69) is 0 Å². The summed E-state index contributed by atoms with van der Waals surface area (Å²) in [5, 5.41) is 0. The van der Waals surface area contributed by atoms with Gasteiger partial charge in [-0.15, -0.1) is 0 Å². The largest absolute Gasteiger partial charge is 0.426 e. The van der Waals surface area contributed by atoms with Gasteiger partial charge in [-0.2, -0.15) is 0 Å². The van der Waals surface area contributed by atoms with Gasteiger partial charge in [0.25, 0.3) is 0 Å². The number of amides is 3. The maximum Gasteiger partial charge on any atom is 0.316 e. The Morgan fingerprint density at radius 3 is 2.26 bits per heavy atom. The molecule has 2 aliphatic carbocycles. The van der Waals surface area contributed by atoms with E-state index in [9.17, 15) is 19.2 Å². The number of anilines is 2. The lowest BCUT2D eigenvalue weighted by molar-refractivity contribution is -0.139. The van der Waals surface area contributed by atoms with Gasteiger partial charge >= 0.3 is 5.97 Å². The molecule has 2 saturated heterocycles. The summed E-state index contributed by atoms with van der Waals surface area (Å²) in [7, 11) is 0. The van der Waals surface area contributed by atoms with E-state index in [1.807, 2.05) is 37.3 Å². The second kappa shape index (κ2) is 7.79. The zero-order chi connectivity index (χ0) is 23.6. The van der Waals surface area contributed by atoms with Crippen molar-refractivity contribution in [2.45, 2.75) is 32.6 Å². The number of esters is 1. The van der Waals surface area contributed by atoms with Gasteiger partial charge in [-0.05, 0) is 73.9 Å². The molecular weight excluding hydrogens is 432 g/mol. The van der Waals surface area contributed by atoms with Crippen molar-refractivity contribution in [3.8, 4) is 5.75 Å². The molecule has 0 spiro atoms. The van der Waals surface area contributed by atoms with Gasteiger partial charge in [0, 0.05) is 18.7 Å². The number of nitrogens with zero attached hydrogens (tertiary/aromatic N) is 2. The van der Waals surface area contributed by atoms with Gasteiger partial charge in [-0.1, -0.05) is 18.2 Å². The summed E-state index contributed by atoms with van der Waals surface area (Å²) in [6, 6.07) is 14.3. The number of imide groups is 1. The maximum absolute atomic E-state index is 13.1. The van der Waals surface area contributed by atoms with Crippen molar-refractivity contribution in [3.63, 3.8) is 0 Å². The molecule has 6 rings (SSSR count). The molecule has 4 aliphatic rings. The molecule has 2 aromatic carbocycles. The molecule has 174 valence electrons. The fraction of sp³-hybridized carbons (Fsp3) is 0.407. The summed E-state index contributed by atoms with van der Waals surface area (Å²) < 4.78 is 5.60. The standard InChI is InChI=1S/C27H26N2O5/c1-15-11-20(34-27(33)18-13-22(30)28(14-18)19-5-3-2-4-6-19)9-10-21(15)29-25(31)23-16-7-8-17(12-16)24(23)26(29)32/h2-6,9-11,16-18,23-24H,7-8,12-14H2,1H3/t16-,17+,18-,23+,24+/m1/s1. The number of para-hydroxylation sites is 1. The topological polar surface area (TPSA) is 84.0 Å². The number of benzene rings is 2. The van der Waals surface area contributed by atoms with Crippen LogP contribution in [0.3, 0.4) is 0 Å². The van der Waals surface area contributed by atoms with Gasteiger partial charge in [0.2, 0.25) is 17.7 Å². The van der Waals surface area contributed by atoms with Crippen LogP contribution < -0.4 is 14.5 Å². The molecule has 0 radical (unpaired) electrons. The smallest absolute Gasteiger partial charge is 0.316 e. The average molecular weight is 459 g/mol. The third-order valence-electron chi connectivity index (χ3n) is 8.08. The Balaban J connectivity index is 1.16. The second-order valence-corrected chi connectivity index (χ2v) is 10.0. The van der Waals surface area contributed by atoms with Crippen LogP contribution in [-0.4, -0.2) is 30.2 Å². The Morgan fingerprint density at radius 1 is 0.941 bits per heavy atom. The summed E-state index contributed by atoms with van der Waals surface area (Å²) in [6.45, 7) is 2.09. The molecule has 2 saturated carbocycles. The number of hydrogen-bond acceptors (Lipinski definition) is 5. The van der Waals surface area contributed by atoms with E-state index in [4.69, 9.17) is 4.74 Å². The molecule has 7 heteroatoms. The Bertz CT molecular complexity index is 1180. The molecule has 5 atom stereocenters. The number of fused-ring (bicyclic) bond motifs is 5. The molecule has 0 aromatic heterocycles. The third-order valence-corrected chi connectivity index (χ3v) is 8.08. The van der Waals surface area contributed by atoms with Crippen LogP contribution in [0.25, 0.3) is 0 Å². The van der Waals surface area contributed by atoms with Gasteiger partial charge in [-0.3, -0.25) is 19.2 Å². The van der Waals surface area contributed by atoms with E-state index in [1.54, 1.807) is 23.1 Å². The molecule has 2 aromatic rings. The van der Waals surface area contributed by atoms with Crippen LogP contribution in [-0.2, 0) is 19.2 Å². The predicted molar refractivity (Wildman–Crippen MR) is 124 cm³/mol. The molecule has 7 nitrogen and oxygen atoms in total. The molecule has 2 bridgehead atoms. The van der Waals surface area contributed by atoms with Crippen molar-refractivity contribution in [1.29, 1.82) is 0 Å². The fourth-order valence-corrected chi connectivity index (χ4v) is 6.51. The lowest BCUT2D eigenvalue weighted by Crippen LogP contribution is -2.33. The fourth-order valence-electron chi connectivity index (χ4n) is 6.51. The zero-order valence-electron chi connectivity index (χ0n) is 19.0. The summed E-state index contributed by atoms with van der Waals surface area (Å²) in [5.74, 6) is -0.612. The number of carbonyl (C=O) groups excluding carboxylic acids is 4. The van der Waals surface area contributed by atoms with Gasteiger partial charge in [0.05, 0.1) is 23.4 Å². The van der Waals surface area contributed by atoms with Crippen molar-refractivity contribution in [3.05, 3.63) is 54.1 Å². The average Bonchev–Trinajstić information content (AvgIpc) is 3.59. The van der Waals surface area contributed by atoms with Gasteiger partial charge < -0.3 is 9.64 Å². The van der Waals surface area contributed by atoms with Crippen LogP contribution in [0, 0.1) is 36.5 Å². The summed E-state index contributed by atoms with van der Waals surface area (Å²) in [5.41, 5.74) is 2.03. The van der Waals surface area contributed by atoms with E-state index in [0.717, 1.165) is 24.9 Å². The Kier molecular flexibility index (Phi) is 4.83. The highest BCUT2D eigenvalue weighted by atomic mass is 16.5. The molecule has 2 aliphatic heterocycles. The third kappa shape index (κ3) is 3.17. The first-order valence-electron chi connectivity index (χ1n) is 12.0. The first-order valence-corrected chi connectivity index (χ1v) is 12.0. The number of hydrogen-bond donors (Lipinski definition) is 0. The molecule has 2 heterocycles. The minimum atomic E-state index is -0.552. The van der Waals surface area contributed by atoms with Crippen molar-refractivity contribution < 1.29 is 23.9 Å². The SMILES string of the molecule is Cc1cc(OC(=O)[C@@H]2CC(=O)N(c3ccccc3)C2)ccc1N1C(=O)[C@H]2[C@@H]3CC[C@@H](C3)[C@@H]2C1=O. The summed E-state index contributed by atoms with van der Waals surface area (Å²) >= 11 is 0. The van der Waals surface area contributed by atoms with E-state index in [0.29, 0.717) is 28.8 Å². The number of ether oxygens (including phenoxy) is 1. The maximum atomic E-state index is 13.1. The highest BCUT2D eigenvalue weighted by molar-refractivity contribution is 6.23. The molecule has 34 heavy (non-hydrogen) atoms. The summed E-state index contributed by atoms with van der Waals surface area (Å²) in [4.78, 5) is 54.5. The quantitative estimate of drug-likeness (QED) is 0.398. The van der Waals surface area contributed by atoms with Crippen molar-refractivity contribution in [1.82, 2.24) is 0 Å². The first kappa shape index (κ1) is 21.1. The second-order valence-electron chi connectivity index (χ2n) is 10.0. The highest BCUT2D eigenvalue weighted by Gasteiger charge is 2.61. The molecule has 4 fully saturated rings. The Morgan fingerprint density at radius 2 is 1.62 bits per heavy atom. The van der Waals surface area contributed by atoms with Crippen LogP contribution in [0.15, 0.2) is 48.5 Å². The van der Waals surface area contributed by atoms with Crippen LogP contribution >= 0.6 is 0 Å². The first-order chi connectivity index (χ1) is 16.4. The van der Waals surface area contributed by atoms with Crippen LogP contribution in [0.1, 0.15) is 31.2 Å². The molecule has 0 unspecified atom stereocenters. The van der Waals surface area contributed by atoms with Crippen molar-refractivity contribution >= 4 is 35.1 Å². The number of rotatable bonds is 4. The minimum Gasteiger partial charge on any atom is -0.426 e. The summed E-state index contributed by atoms with van der Waals surface area (Å²) in [6.07, 6.45) is 3.18. The van der Waals surface area contributed by atoms with Crippen molar-refractivity contribution in [2.75, 3.05) is 16.3 Å². The van der Waals surface area contributed by atoms with E-state index in [1.165, 1.54) is 4.90 Å². The van der Waals surface area contributed by atoms with E-state index >= 15 is 0 Å². The molecule has 3 amide bonds. The Labute approximate surface area is 197 Å². The monoisotopic (exact) mass is 458 g/mol. The van der Waals surface area contributed by atoms with Crippen LogP contribution in [0.4, 0.5) is 11.4 Å². The number of carbonyl (C=O) groups is 4. The predicted octanol–water partition coefficient (Wildman–Crippen LogP) is 3.49. The van der Waals surface area contributed by atoms with Crippen LogP contribution in [0.5, 0.6) is 5.75 Å².